The Balaban J connectivity index is 2.14. The average molecular weight is 395 g/mol. The molecule has 1 aromatic rings. The van der Waals surface area contributed by atoms with Crippen LogP contribution in [0.1, 0.15) is 5.76 Å². The highest BCUT2D eigenvalue weighted by atomic mass is 127. The van der Waals surface area contributed by atoms with Gasteiger partial charge in [-0.3, -0.25) is 9.69 Å². The van der Waals surface area contributed by atoms with Gasteiger partial charge in [0.25, 0.3) is 5.91 Å². The van der Waals surface area contributed by atoms with Crippen LogP contribution in [0.25, 0.3) is 6.08 Å². The number of halogens is 1. The molecule has 0 N–H and O–H groups in total. The van der Waals surface area contributed by atoms with Gasteiger partial charge in [0.1, 0.15) is 10.1 Å². The van der Waals surface area contributed by atoms with Gasteiger partial charge in [-0.15, -0.1) is 0 Å². The fraction of sp³-hybridized carbons (Fsp3) is 0.273. The predicted octanol–water partition coefficient (Wildman–Crippen LogP) is 2.73. The summed E-state index contributed by atoms with van der Waals surface area (Å²) in [7, 11) is 1.60. The first-order valence-electron chi connectivity index (χ1n) is 5.11. The quantitative estimate of drug-likeness (QED) is 0.446. The minimum atomic E-state index is -0.0894. The Bertz CT molecular complexity index is 512. The summed E-state index contributed by atoms with van der Waals surface area (Å²) in [6, 6.07) is 3.67. The van der Waals surface area contributed by atoms with E-state index in [9.17, 15) is 4.79 Å². The van der Waals surface area contributed by atoms with Gasteiger partial charge in [0.2, 0.25) is 0 Å². The van der Waals surface area contributed by atoms with E-state index >= 15 is 0 Å². The molecule has 7 heteroatoms. The van der Waals surface area contributed by atoms with Gasteiger partial charge >= 0.3 is 0 Å². The highest BCUT2D eigenvalue weighted by molar-refractivity contribution is 14.1. The van der Waals surface area contributed by atoms with Crippen LogP contribution in [-0.2, 0) is 9.53 Å². The molecule has 2 heterocycles. The predicted molar refractivity (Wildman–Crippen MR) is 83.2 cm³/mol. The molecule has 1 aliphatic heterocycles. The Hall–Kier alpha value is -0.380. The van der Waals surface area contributed by atoms with Crippen molar-refractivity contribution >= 4 is 62.9 Å². The average Bonchev–Trinajstić information content (AvgIpc) is 2.84. The lowest BCUT2D eigenvalue weighted by Gasteiger charge is -2.12. The maximum Gasteiger partial charge on any atom is 0.266 e. The second kappa shape index (κ2) is 6.18. The second-order valence-electron chi connectivity index (χ2n) is 3.47. The summed E-state index contributed by atoms with van der Waals surface area (Å²) in [4.78, 5) is 14.2. The lowest BCUT2D eigenvalue weighted by atomic mass is 10.3. The zero-order valence-corrected chi connectivity index (χ0v) is 13.3. The van der Waals surface area contributed by atoms with Crippen molar-refractivity contribution in [1.29, 1.82) is 0 Å². The molecule has 0 saturated carbocycles. The van der Waals surface area contributed by atoms with Crippen molar-refractivity contribution in [2.75, 3.05) is 20.3 Å². The Kier molecular flexibility index (Phi) is 4.82. The number of ether oxygens (including phenoxy) is 1. The third kappa shape index (κ3) is 3.14. The van der Waals surface area contributed by atoms with E-state index < -0.39 is 0 Å². The van der Waals surface area contributed by atoms with Gasteiger partial charge < -0.3 is 9.15 Å². The molecular weight excluding hydrogens is 385 g/mol. The minimum Gasteiger partial charge on any atom is -0.451 e. The van der Waals surface area contributed by atoms with Gasteiger partial charge in [-0.2, -0.15) is 0 Å². The number of carbonyl (C=O) groups is 1. The Morgan fingerprint density at radius 1 is 1.61 bits per heavy atom. The van der Waals surface area contributed by atoms with Gasteiger partial charge in [-0.1, -0.05) is 24.0 Å². The molecule has 4 nitrogen and oxygen atoms in total. The monoisotopic (exact) mass is 395 g/mol. The summed E-state index contributed by atoms with van der Waals surface area (Å²) in [5, 5.41) is 0. The van der Waals surface area contributed by atoms with Gasteiger partial charge in [-0.25, -0.2) is 0 Å². The van der Waals surface area contributed by atoms with E-state index in [1.54, 1.807) is 18.1 Å². The molecule has 96 valence electrons. The largest absolute Gasteiger partial charge is 0.451 e. The molecule has 1 aromatic heterocycles. The fourth-order valence-corrected chi connectivity index (χ4v) is 3.13. The van der Waals surface area contributed by atoms with Gasteiger partial charge in [-0.05, 0) is 34.7 Å². The van der Waals surface area contributed by atoms with Crippen LogP contribution in [0.15, 0.2) is 21.5 Å². The highest BCUT2D eigenvalue weighted by Crippen LogP contribution is 2.32. The lowest BCUT2D eigenvalue weighted by molar-refractivity contribution is -0.122. The molecule has 1 fully saturated rings. The summed E-state index contributed by atoms with van der Waals surface area (Å²) >= 11 is 8.53. The van der Waals surface area contributed by atoms with E-state index in [-0.39, 0.29) is 5.91 Å². The normalized spacial score (nSPS) is 18.1. The number of carbonyl (C=O) groups excluding carboxylic acids is 1. The van der Waals surface area contributed by atoms with Crippen LogP contribution in [0.2, 0.25) is 0 Å². The van der Waals surface area contributed by atoms with E-state index in [4.69, 9.17) is 21.4 Å². The molecule has 0 aromatic carbocycles. The SMILES string of the molecule is COCCN1C(=O)/C(=C/c2ccc(I)o2)SC1=S. The van der Waals surface area contributed by atoms with Crippen molar-refractivity contribution in [1.82, 2.24) is 4.90 Å². The molecule has 0 unspecified atom stereocenters. The zero-order valence-electron chi connectivity index (χ0n) is 9.51. The molecular formula is C11H10INO3S2. The van der Waals surface area contributed by atoms with Crippen molar-refractivity contribution in [2.45, 2.75) is 0 Å². The van der Waals surface area contributed by atoms with E-state index in [1.165, 1.54) is 11.8 Å². The summed E-state index contributed by atoms with van der Waals surface area (Å²) in [6.07, 6.45) is 1.72. The molecule has 0 atom stereocenters. The van der Waals surface area contributed by atoms with Crippen molar-refractivity contribution < 1.29 is 13.9 Å². The maximum absolute atomic E-state index is 12.1. The Morgan fingerprint density at radius 2 is 2.39 bits per heavy atom. The number of thiocarbonyl (C=S) groups is 1. The number of methoxy groups -OCH3 is 1. The third-order valence-corrected chi connectivity index (χ3v) is 4.22. The molecule has 0 spiro atoms. The van der Waals surface area contributed by atoms with Crippen molar-refractivity contribution in [2.24, 2.45) is 0 Å². The molecule has 0 aliphatic carbocycles. The number of furan rings is 1. The van der Waals surface area contributed by atoms with Crippen molar-refractivity contribution in [3.63, 3.8) is 0 Å². The number of rotatable bonds is 4. The van der Waals surface area contributed by atoms with E-state index in [1.807, 2.05) is 12.1 Å². The first-order valence-corrected chi connectivity index (χ1v) is 7.42. The summed E-state index contributed by atoms with van der Waals surface area (Å²) < 4.78 is 11.7. The first-order chi connectivity index (χ1) is 8.61. The summed E-state index contributed by atoms with van der Waals surface area (Å²) in [6.45, 7) is 0.951. The number of hydrogen-bond donors (Lipinski definition) is 0. The summed E-state index contributed by atoms with van der Waals surface area (Å²) in [5.41, 5.74) is 0. The van der Waals surface area contributed by atoms with Crippen LogP contribution >= 0.6 is 46.6 Å². The molecule has 0 bridgehead atoms. The lowest BCUT2D eigenvalue weighted by Crippen LogP contribution is -2.31. The molecule has 1 saturated heterocycles. The van der Waals surface area contributed by atoms with Crippen LogP contribution in [-0.4, -0.2) is 35.4 Å². The number of thioether (sulfide) groups is 1. The van der Waals surface area contributed by atoms with E-state index in [2.05, 4.69) is 22.6 Å². The fourth-order valence-electron chi connectivity index (χ4n) is 1.41. The molecule has 1 amide bonds. The molecule has 0 radical (unpaired) electrons. The Labute approximate surface area is 128 Å². The van der Waals surface area contributed by atoms with Crippen LogP contribution < -0.4 is 0 Å². The smallest absolute Gasteiger partial charge is 0.266 e. The number of hydrogen-bond acceptors (Lipinski definition) is 5. The van der Waals surface area contributed by atoms with Crippen LogP contribution in [0.5, 0.6) is 0 Å². The second-order valence-corrected chi connectivity index (χ2v) is 6.21. The van der Waals surface area contributed by atoms with Crippen LogP contribution in [0, 0.1) is 3.77 Å². The summed E-state index contributed by atoms with van der Waals surface area (Å²) in [5.74, 6) is 0.570. The molecule has 2 rings (SSSR count). The number of nitrogens with zero attached hydrogens (tertiary/aromatic N) is 1. The maximum atomic E-state index is 12.1. The van der Waals surface area contributed by atoms with Gasteiger partial charge in [0.05, 0.1) is 18.1 Å². The first kappa shape index (κ1) is 14.0. The number of amides is 1. The van der Waals surface area contributed by atoms with Gasteiger partial charge in [0, 0.05) is 13.2 Å². The van der Waals surface area contributed by atoms with Crippen LogP contribution in [0.4, 0.5) is 0 Å². The topological polar surface area (TPSA) is 42.7 Å². The van der Waals surface area contributed by atoms with Crippen molar-refractivity contribution in [3.8, 4) is 0 Å². The Morgan fingerprint density at radius 3 is 3.00 bits per heavy atom. The standard InChI is InChI=1S/C11H10INO3S2/c1-15-5-4-13-10(14)8(18-11(13)17)6-7-2-3-9(12)16-7/h2-3,6H,4-5H2,1H3/b8-6-. The minimum absolute atomic E-state index is 0.0894. The van der Waals surface area contributed by atoms with E-state index in [0.29, 0.717) is 28.1 Å². The van der Waals surface area contributed by atoms with Crippen molar-refractivity contribution in [3.05, 3.63) is 26.6 Å². The van der Waals surface area contributed by atoms with E-state index in [0.717, 1.165) is 3.77 Å². The van der Waals surface area contributed by atoms with Crippen LogP contribution in [0.3, 0.4) is 0 Å². The molecule has 18 heavy (non-hydrogen) atoms. The molecule has 1 aliphatic rings. The highest BCUT2D eigenvalue weighted by Gasteiger charge is 2.31. The third-order valence-electron chi connectivity index (χ3n) is 2.26. The van der Waals surface area contributed by atoms with Gasteiger partial charge in [0.15, 0.2) is 3.77 Å². The zero-order chi connectivity index (χ0) is 13.1.